The maximum atomic E-state index is 12.7. The Kier molecular flexibility index (Phi) is 4.03. The van der Waals surface area contributed by atoms with E-state index in [-0.39, 0.29) is 5.91 Å². The Labute approximate surface area is 128 Å². The highest BCUT2D eigenvalue weighted by Crippen LogP contribution is 2.35. The predicted molar refractivity (Wildman–Crippen MR) is 84.0 cm³/mol. The second-order valence-corrected chi connectivity index (χ2v) is 6.21. The summed E-state index contributed by atoms with van der Waals surface area (Å²) in [6.45, 7) is 3.40. The standard InChI is InChI=1S/C16H18N2O2S/c1-11-7-8-18(14-6-4-3-5-12(11)14)16(19)13-10-21-15(17-13)9-20-2/h3-6,10-11H,7-9H2,1-2H3/t11-/m0/s1. The van der Waals surface area contributed by atoms with Crippen molar-refractivity contribution in [1.29, 1.82) is 0 Å². The molecule has 0 saturated heterocycles. The number of fused-ring (bicyclic) bond motifs is 1. The third-order valence-electron chi connectivity index (χ3n) is 3.83. The Balaban J connectivity index is 1.89. The maximum Gasteiger partial charge on any atom is 0.277 e. The number of thiazole rings is 1. The number of amides is 1. The van der Waals surface area contributed by atoms with Crippen molar-refractivity contribution in [3.8, 4) is 0 Å². The first-order valence-electron chi connectivity index (χ1n) is 7.05. The van der Waals surface area contributed by atoms with Crippen molar-refractivity contribution in [2.45, 2.75) is 25.9 Å². The Morgan fingerprint density at radius 1 is 1.48 bits per heavy atom. The highest BCUT2D eigenvalue weighted by Gasteiger charge is 2.27. The van der Waals surface area contributed by atoms with Crippen LogP contribution < -0.4 is 4.90 Å². The van der Waals surface area contributed by atoms with Crippen molar-refractivity contribution in [2.75, 3.05) is 18.6 Å². The molecule has 0 N–H and O–H groups in total. The Bertz CT molecular complexity index is 653. The van der Waals surface area contributed by atoms with Gasteiger partial charge in [-0.15, -0.1) is 11.3 Å². The first-order valence-corrected chi connectivity index (χ1v) is 7.93. The summed E-state index contributed by atoms with van der Waals surface area (Å²) < 4.78 is 5.06. The molecule has 4 nitrogen and oxygen atoms in total. The Hall–Kier alpha value is -1.72. The van der Waals surface area contributed by atoms with Gasteiger partial charge in [-0.1, -0.05) is 25.1 Å². The molecule has 0 saturated carbocycles. The Morgan fingerprint density at radius 3 is 3.10 bits per heavy atom. The van der Waals surface area contributed by atoms with Gasteiger partial charge in [0, 0.05) is 24.7 Å². The van der Waals surface area contributed by atoms with Gasteiger partial charge in [0.1, 0.15) is 10.7 Å². The molecule has 3 rings (SSSR count). The molecule has 5 heteroatoms. The van der Waals surface area contributed by atoms with E-state index in [1.165, 1.54) is 16.9 Å². The molecule has 2 aromatic rings. The molecule has 0 bridgehead atoms. The van der Waals surface area contributed by atoms with Gasteiger partial charge in [0.15, 0.2) is 0 Å². The number of methoxy groups -OCH3 is 1. The number of benzene rings is 1. The quantitative estimate of drug-likeness (QED) is 0.872. The second-order valence-electron chi connectivity index (χ2n) is 5.26. The molecular formula is C16H18N2O2S. The summed E-state index contributed by atoms with van der Waals surface area (Å²) in [5.74, 6) is 0.470. The first-order chi connectivity index (χ1) is 10.2. The summed E-state index contributed by atoms with van der Waals surface area (Å²) >= 11 is 1.46. The van der Waals surface area contributed by atoms with Crippen molar-refractivity contribution in [1.82, 2.24) is 4.98 Å². The lowest BCUT2D eigenvalue weighted by molar-refractivity contribution is 0.0979. The third kappa shape index (κ3) is 2.71. The number of hydrogen-bond acceptors (Lipinski definition) is 4. The van der Waals surface area contributed by atoms with Gasteiger partial charge in [0.05, 0.1) is 6.61 Å². The monoisotopic (exact) mass is 302 g/mol. The summed E-state index contributed by atoms with van der Waals surface area (Å²) in [4.78, 5) is 18.9. The molecule has 0 unspecified atom stereocenters. The smallest absolute Gasteiger partial charge is 0.277 e. The molecular weight excluding hydrogens is 284 g/mol. The summed E-state index contributed by atoms with van der Waals surface area (Å²) in [7, 11) is 1.63. The molecule has 0 radical (unpaired) electrons. The van der Waals surface area contributed by atoms with Crippen LogP contribution in [0.25, 0.3) is 0 Å². The zero-order chi connectivity index (χ0) is 14.8. The molecule has 0 fully saturated rings. The van der Waals surface area contributed by atoms with Crippen molar-refractivity contribution in [3.63, 3.8) is 0 Å². The van der Waals surface area contributed by atoms with E-state index in [0.717, 1.165) is 23.7 Å². The van der Waals surface area contributed by atoms with E-state index in [1.807, 2.05) is 28.5 Å². The van der Waals surface area contributed by atoms with Crippen LogP contribution in [0, 0.1) is 0 Å². The zero-order valence-electron chi connectivity index (χ0n) is 12.2. The van der Waals surface area contributed by atoms with Crippen molar-refractivity contribution in [2.24, 2.45) is 0 Å². The van der Waals surface area contributed by atoms with Crippen LogP contribution in [-0.4, -0.2) is 24.5 Å². The van der Waals surface area contributed by atoms with Crippen LogP contribution in [0.15, 0.2) is 29.6 Å². The number of para-hydroxylation sites is 1. The van der Waals surface area contributed by atoms with Gasteiger partial charge < -0.3 is 9.64 Å². The number of carbonyl (C=O) groups is 1. The van der Waals surface area contributed by atoms with Gasteiger partial charge >= 0.3 is 0 Å². The van der Waals surface area contributed by atoms with E-state index in [9.17, 15) is 4.79 Å². The van der Waals surface area contributed by atoms with E-state index in [2.05, 4.69) is 18.0 Å². The lowest BCUT2D eigenvalue weighted by Crippen LogP contribution is -2.36. The minimum absolute atomic E-state index is 0.0204. The van der Waals surface area contributed by atoms with Crippen LogP contribution in [0.4, 0.5) is 5.69 Å². The molecule has 1 aliphatic rings. The molecule has 1 aromatic heterocycles. The fraction of sp³-hybridized carbons (Fsp3) is 0.375. The topological polar surface area (TPSA) is 42.4 Å². The number of aromatic nitrogens is 1. The average molecular weight is 302 g/mol. The van der Waals surface area contributed by atoms with Gasteiger partial charge in [-0.25, -0.2) is 4.98 Å². The lowest BCUT2D eigenvalue weighted by atomic mass is 9.91. The second kappa shape index (κ2) is 5.95. The van der Waals surface area contributed by atoms with Crippen LogP contribution in [0.5, 0.6) is 0 Å². The van der Waals surface area contributed by atoms with Crippen molar-refractivity contribution in [3.05, 3.63) is 45.9 Å². The maximum absolute atomic E-state index is 12.7. The van der Waals surface area contributed by atoms with Gasteiger partial charge in [0.2, 0.25) is 0 Å². The summed E-state index contributed by atoms with van der Waals surface area (Å²) in [5, 5.41) is 2.65. The van der Waals surface area contributed by atoms with E-state index < -0.39 is 0 Å². The molecule has 1 aromatic carbocycles. The minimum Gasteiger partial charge on any atom is -0.378 e. The molecule has 1 amide bonds. The summed E-state index contributed by atoms with van der Waals surface area (Å²) in [5.41, 5.74) is 2.77. The summed E-state index contributed by atoms with van der Waals surface area (Å²) in [6, 6.07) is 8.14. The molecule has 21 heavy (non-hydrogen) atoms. The first kappa shape index (κ1) is 14.2. The van der Waals surface area contributed by atoms with E-state index >= 15 is 0 Å². The fourth-order valence-electron chi connectivity index (χ4n) is 2.70. The number of nitrogens with zero attached hydrogens (tertiary/aromatic N) is 2. The fourth-order valence-corrected chi connectivity index (χ4v) is 3.44. The van der Waals surface area contributed by atoms with Crippen LogP contribution in [0.3, 0.4) is 0 Å². The van der Waals surface area contributed by atoms with Crippen molar-refractivity contribution >= 4 is 22.9 Å². The Morgan fingerprint density at radius 2 is 2.29 bits per heavy atom. The molecule has 0 spiro atoms. The molecule has 110 valence electrons. The molecule has 0 aliphatic carbocycles. The molecule has 2 heterocycles. The van der Waals surface area contributed by atoms with Gasteiger partial charge in [0.25, 0.3) is 5.91 Å². The average Bonchev–Trinajstić information content (AvgIpc) is 2.96. The zero-order valence-corrected chi connectivity index (χ0v) is 13.0. The van der Waals surface area contributed by atoms with Gasteiger partial charge in [-0.05, 0) is 24.0 Å². The van der Waals surface area contributed by atoms with E-state index in [1.54, 1.807) is 7.11 Å². The molecule has 1 aliphatic heterocycles. The predicted octanol–water partition coefficient (Wildman–Crippen LogP) is 3.44. The van der Waals surface area contributed by atoms with Gasteiger partial charge in [-0.2, -0.15) is 0 Å². The minimum atomic E-state index is -0.0204. The highest BCUT2D eigenvalue weighted by molar-refractivity contribution is 7.09. The van der Waals surface area contributed by atoms with Crippen LogP contribution in [-0.2, 0) is 11.3 Å². The normalized spacial score (nSPS) is 17.6. The number of rotatable bonds is 3. The van der Waals surface area contributed by atoms with E-state index in [0.29, 0.717) is 18.2 Å². The van der Waals surface area contributed by atoms with Crippen LogP contribution in [0.2, 0.25) is 0 Å². The van der Waals surface area contributed by atoms with Gasteiger partial charge in [-0.3, -0.25) is 4.79 Å². The van der Waals surface area contributed by atoms with Crippen molar-refractivity contribution < 1.29 is 9.53 Å². The number of carbonyl (C=O) groups excluding carboxylic acids is 1. The van der Waals surface area contributed by atoms with E-state index in [4.69, 9.17) is 4.74 Å². The number of hydrogen-bond donors (Lipinski definition) is 0. The van der Waals surface area contributed by atoms with Crippen LogP contribution >= 0.6 is 11.3 Å². The SMILES string of the molecule is COCc1nc(C(=O)N2CC[C@H](C)c3ccccc32)cs1. The molecule has 1 atom stereocenters. The third-order valence-corrected chi connectivity index (χ3v) is 4.65. The number of anilines is 1. The number of ether oxygens (including phenoxy) is 1. The highest BCUT2D eigenvalue weighted by atomic mass is 32.1. The summed E-state index contributed by atoms with van der Waals surface area (Å²) in [6.07, 6.45) is 0.984. The largest absolute Gasteiger partial charge is 0.378 e. The van der Waals surface area contributed by atoms with Crippen LogP contribution in [0.1, 0.15) is 40.3 Å². The lowest BCUT2D eigenvalue weighted by Gasteiger charge is -2.32.